The molecule has 3 rings (SSSR count). The Kier molecular flexibility index (Phi) is 1.94. The second-order valence-electron chi connectivity index (χ2n) is 3.40. The van der Waals surface area contributed by atoms with Crippen LogP contribution in [-0.2, 0) is 0 Å². The predicted octanol–water partition coefficient (Wildman–Crippen LogP) is 2.35. The third-order valence-corrected chi connectivity index (χ3v) is 2.42. The summed E-state index contributed by atoms with van der Waals surface area (Å²) in [5.41, 5.74) is 1.48. The first kappa shape index (κ1) is 9.35. The lowest BCUT2D eigenvalue weighted by Crippen LogP contribution is -1.93. The van der Waals surface area contributed by atoms with E-state index in [-0.39, 0.29) is 0 Å². The Morgan fingerprint density at radius 2 is 2.19 bits per heavy atom. The second-order valence-corrected chi connectivity index (χ2v) is 3.78. The van der Waals surface area contributed by atoms with Gasteiger partial charge in [0.2, 0.25) is 0 Å². The molecule has 0 aliphatic carbocycles. The first-order valence-electron chi connectivity index (χ1n) is 4.67. The van der Waals surface area contributed by atoms with Crippen LogP contribution < -0.4 is 0 Å². The van der Waals surface area contributed by atoms with Crippen LogP contribution in [0.3, 0.4) is 0 Å². The highest BCUT2D eigenvalue weighted by molar-refractivity contribution is 6.29. The first-order chi connectivity index (χ1) is 7.74. The molecule has 0 N–H and O–H groups in total. The molecule has 0 atom stereocenters. The van der Waals surface area contributed by atoms with Crippen molar-refractivity contribution in [3.8, 4) is 11.4 Å². The first-order valence-corrected chi connectivity index (χ1v) is 5.05. The monoisotopic (exact) mass is 234 g/mol. The van der Waals surface area contributed by atoms with E-state index in [9.17, 15) is 0 Å². The van der Waals surface area contributed by atoms with Crippen LogP contribution in [0, 0.1) is 6.92 Å². The predicted molar refractivity (Wildman–Crippen MR) is 58.2 cm³/mol. The maximum absolute atomic E-state index is 5.83. The van der Waals surface area contributed by atoms with Crippen molar-refractivity contribution in [2.75, 3.05) is 0 Å². The van der Waals surface area contributed by atoms with Gasteiger partial charge in [0.1, 0.15) is 17.2 Å². The van der Waals surface area contributed by atoms with Gasteiger partial charge in [0.15, 0.2) is 11.5 Å². The molecule has 80 valence electrons. The third-order valence-electron chi connectivity index (χ3n) is 2.22. The molecule has 0 spiro atoms. The van der Waals surface area contributed by atoms with E-state index in [1.165, 1.54) is 0 Å². The molecule has 0 saturated carbocycles. The van der Waals surface area contributed by atoms with Crippen LogP contribution >= 0.6 is 11.6 Å². The molecule has 0 aromatic carbocycles. The van der Waals surface area contributed by atoms with Gasteiger partial charge in [0.05, 0.1) is 5.56 Å². The molecule has 0 radical (unpaired) electrons. The summed E-state index contributed by atoms with van der Waals surface area (Å²) in [6, 6.07) is 5.31. The summed E-state index contributed by atoms with van der Waals surface area (Å²) >= 11 is 5.83. The molecule has 0 fully saturated rings. The standard InChI is InChI=1S/C10H7ClN4O/c1-6-4-7(5-16-6)10-13-12-9-3-2-8(11)14-15(9)10/h2-5H,1H3. The van der Waals surface area contributed by atoms with Gasteiger partial charge in [-0.3, -0.25) is 0 Å². The van der Waals surface area contributed by atoms with Crippen molar-refractivity contribution in [1.29, 1.82) is 0 Å². The number of hydrogen-bond acceptors (Lipinski definition) is 4. The van der Waals surface area contributed by atoms with Gasteiger partial charge in [-0.1, -0.05) is 11.6 Å². The van der Waals surface area contributed by atoms with Gasteiger partial charge in [0, 0.05) is 0 Å². The highest BCUT2D eigenvalue weighted by Gasteiger charge is 2.11. The molecule has 3 heterocycles. The number of furan rings is 1. The molecule has 0 amide bonds. The minimum absolute atomic E-state index is 0.397. The topological polar surface area (TPSA) is 56.2 Å². The van der Waals surface area contributed by atoms with Crippen molar-refractivity contribution in [3.05, 3.63) is 35.4 Å². The number of halogens is 1. The van der Waals surface area contributed by atoms with Crippen molar-refractivity contribution in [2.45, 2.75) is 6.92 Å². The number of nitrogens with zero attached hydrogens (tertiary/aromatic N) is 4. The smallest absolute Gasteiger partial charge is 0.188 e. The number of aromatic nitrogens is 4. The maximum Gasteiger partial charge on any atom is 0.188 e. The van der Waals surface area contributed by atoms with Crippen molar-refractivity contribution >= 4 is 17.2 Å². The van der Waals surface area contributed by atoms with Gasteiger partial charge in [-0.15, -0.1) is 10.2 Å². The van der Waals surface area contributed by atoms with Crippen LogP contribution in [-0.4, -0.2) is 19.8 Å². The summed E-state index contributed by atoms with van der Waals surface area (Å²) in [4.78, 5) is 0. The van der Waals surface area contributed by atoms with Crippen LogP contribution in [0.25, 0.3) is 17.0 Å². The highest BCUT2D eigenvalue weighted by Crippen LogP contribution is 2.20. The molecule has 0 saturated heterocycles. The zero-order valence-electron chi connectivity index (χ0n) is 8.38. The SMILES string of the molecule is Cc1cc(-c2nnc3ccc(Cl)nn23)co1. The molecule has 5 nitrogen and oxygen atoms in total. The zero-order valence-corrected chi connectivity index (χ0v) is 9.14. The van der Waals surface area contributed by atoms with E-state index in [0.29, 0.717) is 16.6 Å². The largest absolute Gasteiger partial charge is 0.469 e. The van der Waals surface area contributed by atoms with Crippen LogP contribution in [0.2, 0.25) is 5.15 Å². The molecule has 6 heteroatoms. The third kappa shape index (κ3) is 1.37. The Morgan fingerprint density at radius 3 is 2.94 bits per heavy atom. The lowest BCUT2D eigenvalue weighted by molar-refractivity contribution is 0.534. The Balaban J connectivity index is 2.27. The van der Waals surface area contributed by atoms with Crippen molar-refractivity contribution in [1.82, 2.24) is 19.8 Å². The van der Waals surface area contributed by atoms with E-state index in [1.807, 2.05) is 13.0 Å². The summed E-state index contributed by atoms with van der Waals surface area (Å²) in [7, 11) is 0. The average Bonchev–Trinajstić information content (AvgIpc) is 2.83. The molecular formula is C10H7ClN4O. The van der Waals surface area contributed by atoms with Crippen molar-refractivity contribution in [3.63, 3.8) is 0 Å². The summed E-state index contributed by atoms with van der Waals surface area (Å²) in [5, 5.41) is 12.6. The van der Waals surface area contributed by atoms with Crippen molar-refractivity contribution < 1.29 is 4.42 Å². The minimum Gasteiger partial charge on any atom is -0.469 e. The number of hydrogen-bond donors (Lipinski definition) is 0. The summed E-state index contributed by atoms with van der Waals surface area (Å²) in [6.07, 6.45) is 1.62. The van der Waals surface area contributed by atoms with E-state index < -0.39 is 0 Å². The van der Waals surface area contributed by atoms with Crippen LogP contribution in [0.4, 0.5) is 0 Å². The number of rotatable bonds is 1. The quantitative estimate of drug-likeness (QED) is 0.649. The lowest BCUT2D eigenvalue weighted by Gasteiger charge is -1.95. The maximum atomic E-state index is 5.83. The number of fused-ring (bicyclic) bond motifs is 1. The molecule has 0 unspecified atom stereocenters. The molecule has 0 bridgehead atoms. The summed E-state index contributed by atoms with van der Waals surface area (Å²) in [6.45, 7) is 1.87. The van der Waals surface area contributed by atoms with Gasteiger partial charge in [0.25, 0.3) is 0 Å². The van der Waals surface area contributed by atoms with E-state index in [0.717, 1.165) is 11.3 Å². The Hall–Kier alpha value is -1.88. The van der Waals surface area contributed by atoms with Gasteiger partial charge >= 0.3 is 0 Å². The summed E-state index contributed by atoms with van der Waals surface area (Å²) in [5.74, 6) is 1.43. The Labute approximate surface area is 95.7 Å². The normalized spacial score (nSPS) is 11.1. The Bertz CT molecular complexity index is 658. The van der Waals surface area contributed by atoms with E-state index in [2.05, 4.69) is 15.3 Å². The zero-order chi connectivity index (χ0) is 11.1. The molecule has 16 heavy (non-hydrogen) atoms. The highest BCUT2D eigenvalue weighted by atomic mass is 35.5. The van der Waals surface area contributed by atoms with Crippen LogP contribution in [0.5, 0.6) is 0 Å². The Morgan fingerprint density at radius 1 is 1.31 bits per heavy atom. The second kappa shape index (κ2) is 3.31. The van der Waals surface area contributed by atoms with Gasteiger partial charge in [-0.25, -0.2) is 0 Å². The molecular weight excluding hydrogens is 228 g/mol. The molecule has 0 aliphatic rings. The van der Waals surface area contributed by atoms with E-state index >= 15 is 0 Å². The van der Waals surface area contributed by atoms with Gasteiger partial charge < -0.3 is 4.42 Å². The fourth-order valence-corrected chi connectivity index (χ4v) is 1.65. The van der Waals surface area contributed by atoms with Gasteiger partial charge in [-0.2, -0.15) is 9.61 Å². The molecule has 3 aromatic heterocycles. The van der Waals surface area contributed by atoms with Crippen LogP contribution in [0.1, 0.15) is 5.76 Å². The molecule has 3 aromatic rings. The van der Waals surface area contributed by atoms with E-state index in [4.69, 9.17) is 16.0 Å². The summed E-state index contributed by atoms with van der Waals surface area (Å²) < 4.78 is 6.82. The fourth-order valence-electron chi connectivity index (χ4n) is 1.51. The molecule has 0 aliphatic heterocycles. The number of aryl methyl sites for hydroxylation is 1. The fraction of sp³-hybridized carbons (Fsp3) is 0.100. The lowest BCUT2D eigenvalue weighted by atomic mass is 10.3. The minimum atomic E-state index is 0.397. The van der Waals surface area contributed by atoms with Crippen LogP contribution in [0.15, 0.2) is 28.9 Å². The van der Waals surface area contributed by atoms with Crippen molar-refractivity contribution in [2.24, 2.45) is 0 Å². The average molecular weight is 235 g/mol. The van der Waals surface area contributed by atoms with E-state index in [1.54, 1.807) is 22.9 Å². The van der Waals surface area contributed by atoms with Gasteiger partial charge in [-0.05, 0) is 25.1 Å².